The Balaban J connectivity index is 1.67. The number of fused-ring (bicyclic) bond motifs is 2. The summed E-state index contributed by atoms with van der Waals surface area (Å²) in [5.74, 6) is 1.23. The molecule has 26 heavy (non-hydrogen) atoms. The number of thiophene rings is 1. The van der Waals surface area contributed by atoms with Gasteiger partial charge < -0.3 is 16.0 Å². The van der Waals surface area contributed by atoms with Crippen LogP contribution >= 0.6 is 11.3 Å². The van der Waals surface area contributed by atoms with E-state index in [1.165, 1.54) is 11.2 Å². The Morgan fingerprint density at radius 1 is 1.46 bits per heavy atom. The zero-order chi connectivity index (χ0) is 18.3. The smallest absolute Gasteiger partial charge is 0.247 e. The number of amides is 1. The SMILES string of the molecule is CCC(C)C1Nc2ncnc(Nc3sc4c(c3C#N)CCC4)c2NC1=O. The van der Waals surface area contributed by atoms with E-state index in [0.29, 0.717) is 22.9 Å². The van der Waals surface area contributed by atoms with Crippen molar-refractivity contribution < 1.29 is 4.79 Å². The molecule has 1 aliphatic carbocycles. The standard InChI is InChI=1S/C18H20N6OS/c1-3-9(2)13-17(25)23-14-15(22-13)20-8-21-16(14)24-18-11(7-19)10-5-4-6-12(10)26-18/h8-9,13H,3-6H2,1-2H3,(H,23,25)(H2,20,21,22,24). The van der Waals surface area contributed by atoms with Crippen molar-refractivity contribution in [2.45, 2.75) is 45.6 Å². The molecule has 7 nitrogen and oxygen atoms in total. The normalized spacial score (nSPS) is 19.0. The van der Waals surface area contributed by atoms with Crippen LogP contribution in [0.4, 0.5) is 22.3 Å². The number of carbonyl (C=O) groups is 1. The summed E-state index contributed by atoms with van der Waals surface area (Å²) >= 11 is 1.60. The average Bonchev–Trinajstić information content (AvgIpc) is 3.21. The van der Waals surface area contributed by atoms with E-state index < -0.39 is 0 Å². The number of hydrogen-bond acceptors (Lipinski definition) is 7. The maximum Gasteiger partial charge on any atom is 0.247 e. The highest BCUT2D eigenvalue weighted by Crippen LogP contribution is 2.41. The molecule has 0 aromatic carbocycles. The van der Waals surface area contributed by atoms with Crippen molar-refractivity contribution in [3.8, 4) is 6.07 Å². The van der Waals surface area contributed by atoms with Crippen molar-refractivity contribution in [2.24, 2.45) is 5.92 Å². The van der Waals surface area contributed by atoms with Crippen LogP contribution in [0, 0.1) is 17.2 Å². The molecule has 0 spiro atoms. The molecular formula is C18H20N6OS. The van der Waals surface area contributed by atoms with Crippen LogP contribution in [0.25, 0.3) is 0 Å². The molecule has 3 N–H and O–H groups in total. The monoisotopic (exact) mass is 368 g/mol. The summed E-state index contributed by atoms with van der Waals surface area (Å²) in [6.45, 7) is 4.09. The molecular weight excluding hydrogens is 348 g/mol. The van der Waals surface area contributed by atoms with E-state index >= 15 is 0 Å². The number of hydrogen-bond donors (Lipinski definition) is 3. The van der Waals surface area contributed by atoms with Crippen LogP contribution in [-0.4, -0.2) is 21.9 Å². The van der Waals surface area contributed by atoms with E-state index in [1.54, 1.807) is 11.3 Å². The van der Waals surface area contributed by atoms with Crippen LogP contribution in [0.15, 0.2) is 6.33 Å². The average molecular weight is 368 g/mol. The topological polar surface area (TPSA) is 103 Å². The molecule has 134 valence electrons. The largest absolute Gasteiger partial charge is 0.356 e. The van der Waals surface area contributed by atoms with E-state index in [1.807, 2.05) is 6.92 Å². The quantitative estimate of drug-likeness (QED) is 0.764. The van der Waals surface area contributed by atoms with Gasteiger partial charge in [0.05, 0.1) is 5.56 Å². The summed E-state index contributed by atoms with van der Waals surface area (Å²) < 4.78 is 0. The van der Waals surface area contributed by atoms with Crippen molar-refractivity contribution in [1.82, 2.24) is 9.97 Å². The van der Waals surface area contributed by atoms with Crippen LogP contribution in [-0.2, 0) is 17.6 Å². The molecule has 8 heteroatoms. The predicted molar refractivity (Wildman–Crippen MR) is 102 cm³/mol. The highest BCUT2D eigenvalue weighted by atomic mass is 32.1. The first-order chi connectivity index (χ1) is 12.6. The molecule has 4 rings (SSSR count). The van der Waals surface area contributed by atoms with Crippen LogP contribution in [0.1, 0.15) is 42.7 Å². The molecule has 2 aliphatic rings. The molecule has 0 bridgehead atoms. The molecule has 2 atom stereocenters. The molecule has 0 saturated carbocycles. The second-order valence-corrected chi connectivity index (χ2v) is 7.85. The first kappa shape index (κ1) is 16.8. The molecule has 3 heterocycles. The van der Waals surface area contributed by atoms with E-state index in [4.69, 9.17) is 0 Å². The molecule has 2 aromatic heterocycles. The fraction of sp³-hybridized carbons (Fsp3) is 0.444. The lowest BCUT2D eigenvalue weighted by molar-refractivity contribution is -0.118. The number of aromatic nitrogens is 2. The zero-order valence-electron chi connectivity index (χ0n) is 14.7. The number of nitrogens with zero attached hydrogens (tertiary/aromatic N) is 3. The summed E-state index contributed by atoms with van der Waals surface area (Å²) in [5, 5.41) is 19.8. The highest BCUT2D eigenvalue weighted by Gasteiger charge is 2.32. The van der Waals surface area contributed by atoms with Gasteiger partial charge in [0.15, 0.2) is 11.6 Å². The Morgan fingerprint density at radius 3 is 3.08 bits per heavy atom. The van der Waals surface area contributed by atoms with Crippen molar-refractivity contribution in [3.05, 3.63) is 22.3 Å². The number of nitrogens with one attached hydrogen (secondary N) is 3. The van der Waals surface area contributed by atoms with Crippen molar-refractivity contribution in [2.75, 3.05) is 16.0 Å². The lowest BCUT2D eigenvalue weighted by Gasteiger charge is -2.30. The minimum Gasteiger partial charge on any atom is -0.356 e. The molecule has 2 unspecified atom stereocenters. The van der Waals surface area contributed by atoms with Gasteiger partial charge >= 0.3 is 0 Å². The summed E-state index contributed by atoms with van der Waals surface area (Å²) in [7, 11) is 0. The minimum absolute atomic E-state index is 0.0844. The van der Waals surface area contributed by atoms with Gasteiger partial charge in [-0.2, -0.15) is 5.26 Å². The number of nitriles is 1. The summed E-state index contributed by atoms with van der Waals surface area (Å²) in [4.78, 5) is 22.3. The second-order valence-electron chi connectivity index (χ2n) is 6.74. The predicted octanol–water partition coefficient (Wildman–Crippen LogP) is 3.42. The maximum absolute atomic E-state index is 12.5. The minimum atomic E-state index is -0.310. The number of aryl methyl sites for hydroxylation is 1. The third kappa shape index (κ3) is 2.69. The Labute approximate surface area is 155 Å². The second kappa shape index (κ2) is 6.57. The maximum atomic E-state index is 12.5. The van der Waals surface area contributed by atoms with Gasteiger partial charge in [-0.15, -0.1) is 11.3 Å². The molecule has 1 aliphatic heterocycles. The van der Waals surface area contributed by atoms with Gasteiger partial charge in [-0.05, 0) is 30.7 Å². The molecule has 0 radical (unpaired) electrons. The Kier molecular flexibility index (Phi) is 4.24. The lowest BCUT2D eigenvalue weighted by Crippen LogP contribution is -2.43. The first-order valence-electron chi connectivity index (χ1n) is 8.86. The Morgan fingerprint density at radius 2 is 2.31 bits per heavy atom. The third-order valence-corrected chi connectivity index (χ3v) is 6.36. The van der Waals surface area contributed by atoms with Gasteiger partial charge in [-0.1, -0.05) is 20.3 Å². The van der Waals surface area contributed by atoms with Crippen LogP contribution < -0.4 is 16.0 Å². The molecule has 2 aromatic rings. The molecule has 0 fully saturated rings. The molecule has 0 saturated heterocycles. The van der Waals surface area contributed by atoms with Crippen LogP contribution in [0.5, 0.6) is 0 Å². The van der Waals surface area contributed by atoms with E-state index in [2.05, 4.69) is 38.9 Å². The summed E-state index contributed by atoms with van der Waals surface area (Å²) in [6.07, 6.45) is 5.44. The third-order valence-electron chi connectivity index (χ3n) is 5.15. The lowest BCUT2D eigenvalue weighted by atomic mass is 9.97. The van der Waals surface area contributed by atoms with Crippen molar-refractivity contribution in [3.63, 3.8) is 0 Å². The van der Waals surface area contributed by atoms with E-state index in [-0.39, 0.29) is 17.9 Å². The van der Waals surface area contributed by atoms with E-state index in [9.17, 15) is 10.1 Å². The Hall–Kier alpha value is -2.66. The summed E-state index contributed by atoms with van der Waals surface area (Å²) in [6, 6.07) is 2.01. The van der Waals surface area contributed by atoms with Gasteiger partial charge in [-0.25, -0.2) is 9.97 Å². The van der Waals surface area contributed by atoms with E-state index in [0.717, 1.165) is 36.2 Å². The molecule has 1 amide bonds. The van der Waals surface area contributed by atoms with Gasteiger partial charge in [-0.3, -0.25) is 4.79 Å². The van der Waals surface area contributed by atoms with Crippen LogP contribution in [0.3, 0.4) is 0 Å². The number of carbonyl (C=O) groups excluding carboxylic acids is 1. The van der Waals surface area contributed by atoms with Crippen molar-refractivity contribution >= 4 is 39.6 Å². The van der Waals surface area contributed by atoms with Gasteiger partial charge in [0.2, 0.25) is 5.91 Å². The fourth-order valence-corrected chi connectivity index (χ4v) is 4.72. The van der Waals surface area contributed by atoms with Crippen molar-refractivity contribution in [1.29, 1.82) is 5.26 Å². The van der Waals surface area contributed by atoms with Gasteiger partial charge in [0.25, 0.3) is 0 Å². The highest BCUT2D eigenvalue weighted by molar-refractivity contribution is 7.16. The van der Waals surface area contributed by atoms with Crippen LogP contribution in [0.2, 0.25) is 0 Å². The number of rotatable bonds is 4. The van der Waals surface area contributed by atoms with Gasteiger partial charge in [0.1, 0.15) is 29.1 Å². The zero-order valence-corrected chi connectivity index (χ0v) is 15.5. The Bertz CT molecular complexity index is 915. The number of anilines is 4. The summed E-state index contributed by atoms with van der Waals surface area (Å²) in [5.41, 5.74) is 2.39. The fourth-order valence-electron chi connectivity index (χ4n) is 3.48. The van der Waals surface area contributed by atoms with Gasteiger partial charge in [0, 0.05) is 4.88 Å². The first-order valence-corrected chi connectivity index (χ1v) is 9.68.